The lowest BCUT2D eigenvalue weighted by Crippen LogP contribution is -2.24. The van der Waals surface area contributed by atoms with Gasteiger partial charge >= 0.3 is 5.92 Å². The Labute approximate surface area is 190 Å². The summed E-state index contributed by atoms with van der Waals surface area (Å²) in [6.45, 7) is -0.790. The quantitative estimate of drug-likeness (QED) is 0.288. The summed E-state index contributed by atoms with van der Waals surface area (Å²) >= 11 is 3.19. The van der Waals surface area contributed by atoms with Gasteiger partial charge in [-0.1, -0.05) is 40.8 Å². The van der Waals surface area contributed by atoms with Crippen LogP contribution >= 0.6 is 34.4 Å². The lowest BCUT2D eigenvalue weighted by atomic mass is 10.1. The van der Waals surface area contributed by atoms with Crippen LogP contribution in [-0.2, 0) is 10.7 Å². The molecule has 5 nitrogen and oxygen atoms in total. The Kier molecular flexibility index (Phi) is 7.48. The Morgan fingerprint density at radius 1 is 1.13 bits per heavy atom. The topological polar surface area (TPSA) is 67.2 Å². The van der Waals surface area contributed by atoms with E-state index in [9.17, 15) is 13.6 Å². The number of rotatable bonds is 4. The number of carbonyl (C=O) groups is 1. The molecule has 0 bridgehead atoms. The minimum absolute atomic E-state index is 0.148. The maximum atomic E-state index is 14.2. The van der Waals surface area contributed by atoms with E-state index in [0.29, 0.717) is 4.91 Å². The fourth-order valence-electron chi connectivity index (χ4n) is 2.67. The number of alkyl halides is 3. The van der Waals surface area contributed by atoms with Crippen LogP contribution in [0.1, 0.15) is 11.3 Å². The van der Waals surface area contributed by atoms with E-state index in [2.05, 4.69) is 42.9 Å². The maximum Gasteiger partial charge on any atom is 0.308 e. The number of nitrogens with zero attached hydrogens (tertiary/aromatic N) is 3. The number of pyridine rings is 2. The highest BCUT2D eigenvalue weighted by atomic mass is 127. The van der Waals surface area contributed by atoms with E-state index < -0.39 is 12.5 Å². The number of amidine groups is 1. The fraction of sp³-hybridized carbons (Fsp3) is 0.143. The standard InChI is InChI=1S/C20H14F2N4OS.CH3I/c21-20(22,17-5-1-2-8-24-17)12-25-19-26-18(27)16(28-19)11-13-6-7-15-14(10-13)4-3-9-23-15;1-2/h1-11H,12H2,(H,25,26,27);1H3/b16-11-;. The second-order valence-corrected chi connectivity index (χ2v) is 7.09. The Bertz CT molecular complexity index is 1110. The number of aliphatic imine (C=N–C) groups is 1. The molecule has 0 unspecified atom stereocenters. The minimum Gasteiger partial charge on any atom is -0.301 e. The summed E-state index contributed by atoms with van der Waals surface area (Å²) in [5, 5.41) is 3.62. The average Bonchev–Trinajstić information content (AvgIpc) is 3.13. The number of aromatic nitrogens is 2. The number of benzene rings is 1. The van der Waals surface area contributed by atoms with Crippen LogP contribution in [0.25, 0.3) is 17.0 Å². The van der Waals surface area contributed by atoms with Gasteiger partial charge in [-0.3, -0.25) is 19.8 Å². The highest BCUT2D eigenvalue weighted by Crippen LogP contribution is 2.30. The molecule has 0 saturated carbocycles. The van der Waals surface area contributed by atoms with Crippen molar-refractivity contribution >= 4 is 62.4 Å². The third-order valence-electron chi connectivity index (χ3n) is 4.04. The molecule has 1 aliphatic heterocycles. The van der Waals surface area contributed by atoms with Crippen LogP contribution in [-0.4, -0.2) is 32.5 Å². The van der Waals surface area contributed by atoms with Crippen molar-refractivity contribution in [1.82, 2.24) is 15.3 Å². The highest BCUT2D eigenvalue weighted by Gasteiger charge is 2.34. The van der Waals surface area contributed by atoms with Gasteiger partial charge < -0.3 is 5.32 Å². The molecule has 1 saturated heterocycles. The zero-order valence-electron chi connectivity index (χ0n) is 15.8. The normalized spacial score (nSPS) is 16.5. The first-order valence-electron chi connectivity index (χ1n) is 8.78. The molecule has 2 aromatic heterocycles. The monoisotopic (exact) mass is 538 g/mol. The second-order valence-electron chi connectivity index (χ2n) is 6.06. The van der Waals surface area contributed by atoms with Crippen molar-refractivity contribution < 1.29 is 13.6 Å². The predicted octanol–water partition coefficient (Wildman–Crippen LogP) is 5.03. The third-order valence-corrected chi connectivity index (χ3v) is 4.98. The first kappa shape index (κ1) is 22.3. The number of hydrogen-bond donors (Lipinski definition) is 1. The summed E-state index contributed by atoms with van der Waals surface area (Å²) in [6, 6.07) is 13.7. The van der Waals surface area contributed by atoms with E-state index in [1.807, 2.05) is 35.3 Å². The summed E-state index contributed by atoms with van der Waals surface area (Å²) in [5.41, 5.74) is 1.32. The number of carbonyl (C=O) groups excluding carboxylic acids is 1. The number of fused-ring (bicyclic) bond motifs is 1. The van der Waals surface area contributed by atoms with Crippen molar-refractivity contribution in [2.45, 2.75) is 5.92 Å². The van der Waals surface area contributed by atoms with Crippen molar-refractivity contribution in [1.29, 1.82) is 0 Å². The van der Waals surface area contributed by atoms with Crippen molar-refractivity contribution in [3.05, 3.63) is 77.1 Å². The molecule has 154 valence electrons. The van der Waals surface area contributed by atoms with E-state index >= 15 is 0 Å². The number of halogens is 3. The molecule has 0 atom stereocenters. The highest BCUT2D eigenvalue weighted by molar-refractivity contribution is 14.1. The molecular weight excluding hydrogens is 521 g/mol. The molecule has 1 N–H and O–H groups in total. The molecule has 1 fully saturated rings. The zero-order valence-corrected chi connectivity index (χ0v) is 18.8. The molecule has 0 aliphatic carbocycles. The van der Waals surface area contributed by atoms with Crippen molar-refractivity contribution in [3.63, 3.8) is 0 Å². The molecule has 1 aliphatic rings. The average molecular weight is 538 g/mol. The Hall–Kier alpha value is -2.40. The predicted molar refractivity (Wildman–Crippen MR) is 126 cm³/mol. The van der Waals surface area contributed by atoms with Gasteiger partial charge in [-0.2, -0.15) is 8.78 Å². The largest absolute Gasteiger partial charge is 0.308 e. The number of thioether (sulfide) groups is 1. The van der Waals surface area contributed by atoms with Crippen LogP contribution in [0.5, 0.6) is 0 Å². The molecule has 3 aromatic rings. The van der Waals surface area contributed by atoms with Crippen molar-refractivity contribution in [2.24, 2.45) is 4.99 Å². The lowest BCUT2D eigenvalue weighted by Gasteiger charge is -2.12. The van der Waals surface area contributed by atoms with Gasteiger partial charge in [-0.25, -0.2) is 0 Å². The van der Waals surface area contributed by atoms with Crippen LogP contribution in [0.15, 0.2) is 70.8 Å². The maximum absolute atomic E-state index is 14.2. The van der Waals surface area contributed by atoms with Gasteiger partial charge in [0.15, 0.2) is 5.17 Å². The van der Waals surface area contributed by atoms with Gasteiger partial charge in [0, 0.05) is 17.8 Å². The number of hydrogen-bond acceptors (Lipinski definition) is 5. The van der Waals surface area contributed by atoms with Gasteiger partial charge in [0.2, 0.25) is 0 Å². The Morgan fingerprint density at radius 3 is 2.70 bits per heavy atom. The smallest absolute Gasteiger partial charge is 0.301 e. The van der Waals surface area contributed by atoms with Gasteiger partial charge in [-0.15, -0.1) is 0 Å². The molecular formula is C21H17F2IN4OS. The van der Waals surface area contributed by atoms with Crippen LogP contribution in [0.3, 0.4) is 0 Å². The molecule has 1 amide bonds. The Morgan fingerprint density at radius 2 is 1.93 bits per heavy atom. The van der Waals surface area contributed by atoms with E-state index in [1.54, 1.807) is 18.3 Å². The van der Waals surface area contributed by atoms with E-state index in [-0.39, 0.29) is 16.8 Å². The van der Waals surface area contributed by atoms with E-state index in [4.69, 9.17) is 0 Å². The molecule has 9 heteroatoms. The minimum atomic E-state index is -3.21. The van der Waals surface area contributed by atoms with Crippen LogP contribution < -0.4 is 5.32 Å². The molecule has 0 radical (unpaired) electrons. The van der Waals surface area contributed by atoms with E-state index in [1.165, 1.54) is 18.3 Å². The first-order chi connectivity index (χ1) is 14.5. The number of amides is 1. The third kappa shape index (κ3) is 5.39. The molecule has 3 heterocycles. The summed E-state index contributed by atoms with van der Waals surface area (Å²) in [4.78, 5) is 26.3. The van der Waals surface area contributed by atoms with Crippen molar-refractivity contribution in [2.75, 3.05) is 11.5 Å². The van der Waals surface area contributed by atoms with Crippen molar-refractivity contribution in [3.8, 4) is 0 Å². The molecule has 1 aromatic carbocycles. The second kappa shape index (κ2) is 10.1. The van der Waals surface area contributed by atoms with Crippen LogP contribution in [0, 0.1) is 0 Å². The van der Waals surface area contributed by atoms with Crippen LogP contribution in [0.2, 0.25) is 0 Å². The van der Waals surface area contributed by atoms with Gasteiger partial charge in [0.1, 0.15) is 12.2 Å². The molecule has 30 heavy (non-hydrogen) atoms. The van der Waals surface area contributed by atoms with Gasteiger partial charge in [0.25, 0.3) is 5.91 Å². The van der Waals surface area contributed by atoms with E-state index in [0.717, 1.165) is 28.2 Å². The number of nitrogens with one attached hydrogen (secondary N) is 1. The fourth-order valence-corrected chi connectivity index (χ4v) is 3.49. The zero-order chi connectivity index (χ0) is 21.6. The van der Waals surface area contributed by atoms with Gasteiger partial charge in [0.05, 0.1) is 10.4 Å². The SMILES string of the molecule is CI.O=C1NC(=NCC(F)(F)c2ccccn2)S/C1=C\c1ccc2ncccc2c1. The lowest BCUT2D eigenvalue weighted by molar-refractivity contribution is -0.115. The Balaban J connectivity index is 0.00000124. The summed E-state index contributed by atoms with van der Waals surface area (Å²) in [5.74, 6) is -3.58. The summed E-state index contributed by atoms with van der Waals surface area (Å²) in [6.07, 6.45) is 4.72. The molecule has 0 spiro atoms. The molecule has 4 rings (SSSR count). The van der Waals surface area contributed by atoms with Crippen LogP contribution in [0.4, 0.5) is 8.78 Å². The summed E-state index contributed by atoms with van der Waals surface area (Å²) < 4.78 is 28.4. The first-order valence-corrected chi connectivity index (χ1v) is 11.8. The summed E-state index contributed by atoms with van der Waals surface area (Å²) in [7, 11) is 0. The van der Waals surface area contributed by atoms with Gasteiger partial charge in [-0.05, 0) is 58.7 Å².